The lowest BCUT2D eigenvalue weighted by molar-refractivity contribution is -0.148. The summed E-state index contributed by atoms with van der Waals surface area (Å²) in [6.45, 7) is 3.79. The van der Waals surface area contributed by atoms with Crippen LogP contribution in [0.4, 0.5) is 14.9 Å². The lowest BCUT2D eigenvalue weighted by Gasteiger charge is -2.34. The van der Waals surface area contributed by atoms with Crippen LogP contribution >= 0.6 is 0 Å². The van der Waals surface area contributed by atoms with Crippen LogP contribution in [0.5, 0.6) is 0 Å². The highest BCUT2D eigenvalue weighted by Crippen LogP contribution is 2.33. The van der Waals surface area contributed by atoms with Gasteiger partial charge in [-0.1, -0.05) is 19.1 Å². The Bertz CT molecular complexity index is 556. The molecular weight excluding hydrogens is 275 g/mol. The number of urea groups is 1. The number of nitrogens with zero attached hydrogens (tertiary/aromatic N) is 1. The second-order valence-electron chi connectivity index (χ2n) is 5.31. The summed E-state index contributed by atoms with van der Waals surface area (Å²) in [5, 5.41) is 12.0. The zero-order chi connectivity index (χ0) is 15.6. The van der Waals surface area contributed by atoms with Gasteiger partial charge < -0.3 is 15.3 Å². The molecule has 1 fully saturated rings. The average molecular weight is 294 g/mol. The molecule has 0 saturated carbocycles. The number of rotatable bonds is 3. The van der Waals surface area contributed by atoms with E-state index < -0.39 is 23.4 Å². The van der Waals surface area contributed by atoms with Gasteiger partial charge in [0.05, 0.1) is 5.69 Å². The molecule has 2 amide bonds. The molecule has 0 aromatic heterocycles. The minimum Gasteiger partial charge on any atom is -0.479 e. The molecule has 2 N–H and O–H groups in total. The Morgan fingerprint density at radius 3 is 2.76 bits per heavy atom. The number of carboxylic acid groups (broad SMARTS) is 1. The van der Waals surface area contributed by atoms with Crippen LogP contribution in [0.1, 0.15) is 31.7 Å². The van der Waals surface area contributed by atoms with E-state index in [1.165, 1.54) is 11.0 Å². The fourth-order valence-corrected chi connectivity index (χ4v) is 2.88. The summed E-state index contributed by atoms with van der Waals surface area (Å²) in [7, 11) is 0. The Hall–Kier alpha value is -2.11. The van der Waals surface area contributed by atoms with Gasteiger partial charge in [0.2, 0.25) is 0 Å². The van der Waals surface area contributed by atoms with Crippen molar-refractivity contribution in [3.63, 3.8) is 0 Å². The molecule has 1 unspecified atom stereocenters. The SMILES string of the molecule is CCC1(C(=O)O)CCCN1C(=O)Nc1c(C)cccc1F. The number of halogens is 1. The number of benzene rings is 1. The summed E-state index contributed by atoms with van der Waals surface area (Å²) < 4.78 is 13.8. The first-order chi connectivity index (χ1) is 9.92. The molecule has 1 atom stereocenters. The molecule has 1 aliphatic rings. The Morgan fingerprint density at radius 2 is 2.19 bits per heavy atom. The fraction of sp³-hybridized carbons (Fsp3) is 0.467. The third kappa shape index (κ3) is 2.57. The van der Waals surface area contributed by atoms with Crippen LogP contribution in [-0.4, -0.2) is 34.1 Å². The van der Waals surface area contributed by atoms with Crippen molar-refractivity contribution in [3.8, 4) is 0 Å². The number of nitrogens with one attached hydrogen (secondary N) is 1. The number of amides is 2. The molecule has 21 heavy (non-hydrogen) atoms. The van der Waals surface area contributed by atoms with E-state index in [1.54, 1.807) is 26.0 Å². The van der Waals surface area contributed by atoms with Crippen molar-refractivity contribution < 1.29 is 19.1 Å². The number of aliphatic carboxylic acids is 1. The predicted octanol–water partition coefficient (Wildman–Crippen LogP) is 3.00. The standard InChI is InChI=1S/C15H19FN2O3/c1-3-15(13(19)20)8-5-9-18(15)14(21)17-12-10(2)6-4-7-11(12)16/h4,6-7H,3,5,8-9H2,1-2H3,(H,17,21)(H,19,20). The summed E-state index contributed by atoms with van der Waals surface area (Å²) in [6.07, 6.45) is 1.37. The maximum Gasteiger partial charge on any atom is 0.329 e. The molecule has 0 spiro atoms. The van der Waals surface area contributed by atoms with Gasteiger partial charge in [-0.2, -0.15) is 0 Å². The summed E-state index contributed by atoms with van der Waals surface area (Å²) in [5.41, 5.74) is -0.492. The number of hydrogen-bond acceptors (Lipinski definition) is 2. The minimum absolute atomic E-state index is 0.102. The van der Waals surface area contributed by atoms with E-state index in [9.17, 15) is 19.1 Å². The van der Waals surface area contributed by atoms with E-state index in [2.05, 4.69) is 5.32 Å². The second-order valence-corrected chi connectivity index (χ2v) is 5.31. The van der Waals surface area contributed by atoms with Gasteiger partial charge in [-0.05, 0) is 37.8 Å². The van der Waals surface area contributed by atoms with E-state index in [-0.39, 0.29) is 5.69 Å². The number of aryl methyl sites for hydroxylation is 1. The first-order valence-corrected chi connectivity index (χ1v) is 6.99. The molecular formula is C15H19FN2O3. The Morgan fingerprint density at radius 1 is 1.48 bits per heavy atom. The molecule has 1 heterocycles. The maximum absolute atomic E-state index is 13.8. The second kappa shape index (κ2) is 5.71. The smallest absolute Gasteiger partial charge is 0.329 e. The van der Waals surface area contributed by atoms with Crippen LogP contribution in [0.15, 0.2) is 18.2 Å². The topological polar surface area (TPSA) is 69.6 Å². The highest BCUT2D eigenvalue weighted by Gasteiger charge is 2.48. The summed E-state index contributed by atoms with van der Waals surface area (Å²) in [5.74, 6) is -1.54. The number of carbonyl (C=O) groups excluding carboxylic acids is 1. The predicted molar refractivity (Wildman–Crippen MR) is 76.8 cm³/mol. The number of likely N-dealkylation sites (tertiary alicyclic amines) is 1. The molecule has 0 aliphatic carbocycles. The summed E-state index contributed by atoms with van der Waals surface area (Å²) in [6, 6.07) is 3.94. The van der Waals surface area contributed by atoms with E-state index >= 15 is 0 Å². The number of carbonyl (C=O) groups is 2. The van der Waals surface area contributed by atoms with Crippen molar-refractivity contribution >= 4 is 17.7 Å². The zero-order valence-electron chi connectivity index (χ0n) is 12.1. The van der Waals surface area contributed by atoms with Gasteiger partial charge in [-0.3, -0.25) is 0 Å². The van der Waals surface area contributed by atoms with Crippen LogP contribution < -0.4 is 5.32 Å². The highest BCUT2D eigenvalue weighted by molar-refractivity contribution is 5.95. The van der Waals surface area contributed by atoms with Crippen LogP contribution in [0.25, 0.3) is 0 Å². The normalized spacial score (nSPS) is 21.4. The van der Waals surface area contributed by atoms with Gasteiger partial charge in [0.25, 0.3) is 0 Å². The van der Waals surface area contributed by atoms with Crippen molar-refractivity contribution in [1.29, 1.82) is 0 Å². The first kappa shape index (κ1) is 15.3. The zero-order valence-corrected chi connectivity index (χ0v) is 12.1. The molecule has 114 valence electrons. The molecule has 2 rings (SSSR count). The summed E-state index contributed by atoms with van der Waals surface area (Å²) >= 11 is 0. The molecule has 1 saturated heterocycles. The van der Waals surface area contributed by atoms with Crippen LogP contribution in [-0.2, 0) is 4.79 Å². The molecule has 0 radical (unpaired) electrons. The molecule has 6 heteroatoms. The van der Waals surface area contributed by atoms with Gasteiger partial charge >= 0.3 is 12.0 Å². The van der Waals surface area contributed by atoms with Crippen LogP contribution in [0.3, 0.4) is 0 Å². The first-order valence-electron chi connectivity index (χ1n) is 6.99. The third-order valence-corrected chi connectivity index (χ3v) is 4.17. The maximum atomic E-state index is 13.8. The quantitative estimate of drug-likeness (QED) is 0.900. The monoisotopic (exact) mass is 294 g/mol. The molecule has 1 aliphatic heterocycles. The van der Waals surface area contributed by atoms with E-state index in [0.29, 0.717) is 31.4 Å². The van der Waals surface area contributed by atoms with E-state index in [4.69, 9.17) is 0 Å². The van der Waals surface area contributed by atoms with Crippen molar-refractivity contribution in [3.05, 3.63) is 29.6 Å². The van der Waals surface area contributed by atoms with Crippen molar-refractivity contribution in [2.45, 2.75) is 38.6 Å². The Kier molecular flexibility index (Phi) is 4.16. The van der Waals surface area contributed by atoms with Gasteiger partial charge in [-0.15, -0.1) is 0 Å². The van der Waals surface area contributed by atoms with Gasteiger partial charge in [0, 0.05) is 6.54 Å². The molecule has 5 nitrogen and oxygen atoms in total. The third-order valence-electron chi connectivity index (χ3n) is 4.17. The fourth-order valence-electron chi connectivity index (χ4n) is 2.88. The number of para-hydroxylation sites is 1. The number of anilines is 1. The van der Waals surface area contributed by atoms with Gasteiger partial charge in [0.1, 0.15) is 11.4 Å². The lowest BCUT2D eigenvalue weighted by Crippen LogP contribution is -2.54. The van der Waals surface area contributed by atoms with Crippen LogP contribution in [0, 0.1) is 12.7 Å². The summed E-state index contributed by atoms with van der Waals surface area (Å²) in [4.78, 5) is 25.2. The largest absolute Gasteiger partial charge is 0.479 e. The Balaban J connectivity index is 2.26. The van der Waals surface area contributed by atoms with Crippen molar-refractivity contribution in [2.75, 3.05) is 11.9 Å². The molecule has 0 bridgehead atoms. The van der Waals surface area contributed by atoms with Crippen molar-refractivity contribution in [1.82, 2.24) is 4.90 Å². The van der Waals surface area contributed by atoms with Crippen LogP contribution in [0.2, 0.25) is 0 Å². The highest BCUT2D eigenvalue weighted by atomic mass is 19.1. The van der Waals surface area contributed by atoms with E-state index in [0.717, 1.165) is 0 Å². The lowest BCUT2D eigenvalue weighted by atomic mass is 9.93. The Labute approximate surface area is 122 Å². The molecule has 1 aromatic carbocycles. The van der Waals surface area contributed by atoms with E-state index in [1.807, 2.05) is 0 Å². The average Bonchev–Trinajstić information content (AvgIpc) is 2.88. The number of hydrogen-bond donors (Lipinski definition) is 2. The minimum atomic E-state index is -1.19. The molecule has 1 aromatic rings. The van der Waals surface area contributed by atoms with Crippen molar-refractivity contribution in [2.24, 2.45) is 0 Å². The number of carboxylic acids is 1. The van der Waals surface area contributed by atoms with Gasteiger partial charge in [0.15, 0.2) is 0 Å². The van der Waals surface area contributed by atoms with Gasteiger partial charge in [-0.25, -0.2) is 14.0 Å².